The number of primary amides is 1. The number of carbonyl (C=O) groups excluding carboxylic acids is 1. The third kappa shape index (κ3) is 2.64. The number of carbonyl (C=O) groups is 1. The van der Waals surface area contributed by atoms with Crippen molar-refractivity contribution in [3.63, 3.8) is 0 Å². The molecule has 0 saturated carbocycles. The van der Waals surface area contributed by atoms with E-state index in [2.05, 4.69) is 5.10 Å². The Morgan fingerprint density at radius 3 is 2.31 bits per heavy atom. The summed E-state index contributed by atoms with van der Waals surface area (Å²) in [7, 11) is -3.52. The molecule has 3 aromatic rings. The molecule has 2 heterocycles. The van der Waals surface area contributed by atoms with Crippen LogP contribution in [0.1, 0.15) is 22.1 Å². The molecule has 0 aliphatic carbocycles. The maximum Gasteiger partial charge on any atom is 0.411 e. The fourth-order valence-corrected chi connectivity index (χ4v) is 5.15. The molecule has 0 spiro atoms. The first-order valence-corrected chi connectivity index (χ1v) is 9.60. The van der Waals surface area contributed by atoms with Crippen LogP contribution in [0.15, 0.2) is 60.7 Å². The van der Waals surface area contributed by atoms with Crippen molar-refractivity contribution < 1.29 is 17.9 Å². The van der Waals surface area contributed by atoms with Crippen LogP contribution < -0.4 is 10.5 Å². The molecule has 8 heteroatoms. The van der Waals surface area contributed by atoms with Gasteiger partial charge in [0.15, 0.2) is 9.84 Å². The molecular weight excluding hydrogens is 354 g/mol. The molecule has 2 aromatic carbocycles. The van der Waals surface area contributed by atoms with Gasteiger partial charge < -0.3 is 10.5 Å². The zero-order valence-electron chi connectivity index (χ0n) is 13.6. The molecule has 1 aliphatic heterocycles. The zero-order chi connectivity index (χ0) is 18.3. The molecular formula is C18H15N3O4S. The number of hydrogen-bond donors (Lipinski definition) is 1. The summed E-state index contributed by atoms with van der Waals surface area (Å²) >= 11 is 0. The molecule has 0 saturated heterocycles. The molecule has 4 rings (SSSR count). The number of ether oxygens (including phenoxy) is 1. The normalized spacial score (nSPS) is 17.6. The first-order valence-electron chi connectivity index (χ1n) is 7.88. The van der Waals surface area contributed by atoms with Crippen molar-refractivity contribution in [3.05, 3.63) is 77.5 Å². The fraction of sp³-hybridized carbons (Fsp3) is 0.111. The molecule has 0 bridgehead atoms. The van der Waals surface area contributed by atoms with Crippen molar-refractivity contribution >= 4 is 15.9 Å². The van der Waals surface area contributed by atoms with Crippen LogP contribution in [-0.2, 0) is 15.6 Å². The molecule has 2 N–H and O–H groups in total. The Labute approximate surface area is 149 Å². The van der Waals surface area contributed by atoms with Gasteiger partial charge in [0.05, 0.1) is 22.7 Å². The zero-order valence-corrected chi connectivity index (χ0v) is 14.4. The van der Waals surface area contributed by atoms with E-state index in [1.165, 1.54) is 4.68 Å². The summed E-state index contributed by atoms with van der Waals surface area (Å²) in [5.74, 6) is -0.190. The van der Waals surface area contributed by atoms with Crippen molar-refractivity contribution in [1.29, 1.82) is 0 Å². The van der Waals surface area contributed by atoms with Gasteiger partial charge in [0.2, 0.25) is 5.88 Å². The lowest BCUT2D eigenvalue weighted by Gasteiger charge is -2.14. The lowest BCUT2D eigenvalue weighted by molar-refractivity contribution is 0.207. The van der Waals surface area contributed by atoms with Crippen LogP contribution in [0.2, 0.25) is 0 Å². The highest BCUT2D eigenvalue weighted by Crippen LogP contribution is 2.46. The molecule has 7 nitrogen and oxygen atoms in total. The van der Waals surface area contributed by atoms with Gasteiger partial charge in [-0.25, -0.2) is 13.2 Å². The largest absolute Gasteiger partial charge is 0.411 e. The van der Waals surface area contributed by atoms with E-state index in [1.807, 2.05) is 18.2 Å². The number of fused-ring (bicyclic) bond motifs is 1. The Balaban J connectivity index is 1.96. The van der Waals surface area contributed by atoms with Crippen molar-refractivity contribution in [1.82, 2.24) is 9.78 Å². The van der Waals surface area contributed by atoms with Gasteiger partial charge in [-0.15, -0.1) is 0 Å². The summed E-state index contributed by atoms with van der Waals surface area (Å²) in [5.41, 5.74) is 7.18. The van der Waals surface area contributed by atoms with Gasteiger partial charge in [-0.3, -0.25) is 0 Å². The van der Waals surface area contributed by atoms with Gasteiger partial charge in [0.1, 0.15) is 5.25 Å². The number of aromatic nitrogens is 2. The first-order chi connectivity index (χ1) is 12.5. The van der Waals surface area contributed by atoms with Crippen molar-refractivity contribution in [2.75, 3.05) is 0 Å². The predicted octanol–water partition coefficient (Wildman–Crippen LogP) is 2.35. The average Bonchev–Trinajstić information content (AvgIpc) is 3.07. The predicted molar refractivity (Wildman–Crippen MR) is 94.7 cm³/mol. The summed E-state index contributed by atoms with van der Waals surface area (Å²) in [5, 5.41) is 3.44. The monoisotopic (exact) mass is 369 g/mol. The molecule has 1 amide bonds. The van der Waals surface area contributed by atoms with Gasteiger partial charge in [-0.2, -0.15) is 9.78 Å². The lowest BCUT2D eigenvalue weighted by atomic mass is 10.1. The summed E-state index contributed by atoms with van der Waals surface area (Å²) in [6.45, 7) is 0. The number of rotatable bonds is 3. The van der Waals surface area contributed by atoms with Crippen LogP contribution in [0.4, 0.5) is 4.79 Å². The lowest BCUT2D eigenvalue weighted by Crippen LogP contribution is -2.20. The molecule has 1 atom stereocenters. The highest BCUT2D eigenvalue weighted by Gasteiger charge is 2.44. The number of hydrogen-bond acceptors (Lipinski definition) is 5. The van der Waals surface area contributed by atoms with Crippen LogP contribution in [0.25, 0.3) is 5.69 Å². The van der Waals surface area contributed by atoms with Crippen molar-refractivity contribution in [2.45, 2.75) is 11.0 Å². The van der Waals surface area contributed by atoms with Crippen LogP contribution >= 0.6 is 0 Å². The second-order valence-electron chi connectivity index (χ2n) is 5.93. The van der Waals surface area contributed by atoms with E-state index in [9.17, 15) is 13.2 Å². The smallest absolute Gasteiger partial charge is 0.391 e. The number of nitrogens with two attached hydrogens (primary N) is 1. The second kappa shape index (κ2) is 5.99. The highest BCUT2D eigenvalue weighted by atomic mass is 32.2. The molecule has 0 fully saturated rings. The SMILES string of the molecule is NC(=O)Oc1c2c(nn1-c1ccccc1)CS(=O)(=O)C2c1ccccc1. The van der Waals surface area contributed by atoms with Crippen LogP contribution in [-0.4, -0.2) is 24.3 Å². The fourth-order valence-electron chi connectivity index (χ4n) is 3.22. The van der Waals surface area contributed by atoms with E-state index in [0.717, 1.165) is 0 Å². The number of sulfone groups is 1. The van der Waals surface area contributed by atoms with Gasteiger partial charge in [0, 0.05) is 0 Å². The highest BCUT2D eigenvalue weighted by molar-refractivity contribution is 7.91. The number of benzene rings is 2. The molecule has 1 aliphatic rings. The Bertz CT molecular complexity index is 1080. The van der Waals surface area contributed by atoms with E-state index >= 15 is 0 Å². The minimum atomic E-state index is -3.52. The minimum Gasteiger partial charge on any atom is -0.391 e. The Hall–Kier alpha value is -3.13. The summed E-state index contributed by atoms with van der Waals surface area (Å²) in [6.07, 6.45) is -1.03. The Morgan fingerprint density at radius 2 is 1.69 bits per heavy atom. The third-order valence-corrected chi connectivity index (χ3v) is 6.12. The standard InChI is InChI=1S/C18H15N3O4S/c19-18(22)25-17-15-14(20-21(17)13-9-5-2-6-10-13)11-26(23,24)16(15)12-7-3-1-4-8-12/h1-10,16H,11H2,(H2,19,22). The quantitative estimate of drug-likeness (QED) is 0.763. The Morgan fingerprint density at radius 1 is 1.08 bits per heavy atom. The first kappa shape index (κ1) is 16.3. The van der Waals surface area contributed by atoms with E-state index in [-0.39, 0.29) is 11.6 Å². The van der Waals surface area contributed by atoms with Crippen LogP contribution in [0.3, 0.4) is 0 Å². The molecule has 1 aromatic heterocycles. The van der Waals surface area contributed by atoms with Crippen molar-refractivity contribution in [2.24, 2.45) is 5.73 Å². The number of amides is 1. The van der Waals surface area contributed by atoms with E-state index in [0.29, 0.717) is 22.5 Å². The van der Waals surface area contributed by atoms with Gasteiger partial charge in [-0.1, -0.05) is 48.5 Å². The van der Waals surface area contributed by atoms with Crippen molar-refractivity contribution in [3.8, 4) is 11.6 Å². The maximum absolute atomic E-state index is 12.7. The molecule has 0 radical (unpaired) electrons. The topological polar surface area (TPSA) is 104 Å². The van der Waals surface area contributed by atoms with E-state index in [1.54, 1.807) is 42.5 Å². The van der Waals surface area contributed by atoms with Crippen LogP contribution in [0.5, 0.6) is 5.88 Å². The van der Waals surface area contributed by atoms with Gasteiger partial charge >= 0.3 is 6.09 Å². The van der Waals surface area contributed by atoms with E-state index < -0.39 is 21.2 Å². The summed E-state index contributed by atoms with van der Waals surface area (Å²) < 4.78 is 32.1. The van der Waals surface area contributed by atoms with Gasteiger partial charge in [0.25, 0.3) is 0 Å². The number of para-hydroxylation sites is 1. The second-order valence-corrected chi connectivity index (χ2v) is 8.02. The molecule has 26 heavy (non-hydrogen) atoms. The third-order valence-electron chi connectivity index (χ3n) is 4.21. The van der Waals surface area contributed by atoms with Gasteiger partial charge in [-0.05, 0) is 17.7 Å². The average molecular weight is 369 g/mol. The Kier molecular flexibility index (Phi) is 3.77. The van der Waals surface area contributed by atoms with E-state index in [4.69, 9.17) is 10.5 Å². The minimum absolute atomic E-state index is 0.0358. The summed E-state index contributed by atoms with van der Waals surface area (Å²) in [4.78, 5) is 11.5. The summed E-state index contributed by atoms with van der Waals surface area (Å²) in [6, 6.07) is 17.8. The maximum atomic E-state index is 12.7. The number of nitrogens with zero attached hydrogens (tertiary/aromatic N) is 2. The molecule has 132 valence electrons. The molecule has 1 unspecified atom stereocenters. The van der Waals surface area contributed by atoms with Crippen LogP contribution in [0, 0.1) is 0 Å².